The summed E-state index contributed by atoms with van der Waals surface area (Å²) >= 11 is 0. The van der Waals surface area contributed by atoms with E-state index >= 15 is 0 Å². The van der Waals surface area contributed by atoms with Gasteiger partial charge in [0, 0.05) is 0 Å². The standard InChI is InChI=1S/C17H26N2O2/c1-2-12-19-17(16(18)20)11-6-7-14(17)10-13-21-15-8-4-3-5-9-15/h3-5,8-9,14,19H,2,6-7,10-13H2,1H3,(H2,18,20). The van der Waals surface area contributed by atoms with E-state index in [1.807, 2.05) is 30.3 Å². The lowest BCUT2D eigenvalue weighted by Gasteiger charge is -2.33. The first-order valence-corrected chi connectivity index (χ1v) is 7.92. The van der Waals surface area contributed by atoms with Gasteiger partial charge in [-0.25, -0.2) is 0 Å². The second-order valence-electron chi connectivity index (χ2n) is 5.80. The number of nitrogens with one attached hydrogen (secondary N) is 1. The zero-order valence-electron chi connectivity index (χ0n) is 12.8. The van der Waals surface area contributed by atoms with Crippen LogP contribution in [0.3, 0.4) is 0 Å². The van der Waals surface area contributed by atoms with Crippen LogP contribution in [0.15, 0.2) is 30.3 Å². The summed E-state index contributed by atoms with van der Waals surface area (Å²) in [5.41, 5.74) is 5.17. The Morgan fingerprint density at radius 2 is 2.19 bits per heavy atom. The summed E-state index contributed by atoms with van der Waals surface area (Å²) in [6.45, 7) is 3.56. The van der Waals surface area contributed by atoms with Crippen LogP contribution in [0.4, 0.5) is 0 Å². The largest absolute Gasteiger partial charge is 0.494 e. The predicted molar refractivity (Wildman–Crippen MR) is 84.1 cm³/mol. The Bertz CT molecular complexity index is 449. The quantitative estimate of drug-likeness (QED) is 0.773. The molecule has 1 amide bonds. The molecule has 2 rings (SSSR count). The molecule has 0 bridgehead atoms. The zero-order chi connectivity index (χ0) is 15.1. The minimum absolute atomic E-state index is 0.210. The molecule has 0 radical (unpaired) electrons. The van der Waals surface area contributed by atoms with Crippen LogP contribution >= 0.6 is 0 Å². The first-order chi connectivity index (χ1) is 10.2. The molecule has 1 saturated carbocycles. The van der Waals surface area contributed by atoms with Crippen molar-refractivity contribution < 1.29 is 9.53 Å². The molecule has 1 aliphatic carbocycles. The number of amides is 1. The Kier molecular flexibility index (Phi) is 5.62. The third-order valence-electron chi connectivity index (χ3n) is 4.43. The number of hydrogen-bond donors (Lipinski definition) is 2. The van der Waals surface area contributed by atoms with Gasteiger partial charge in [-0.1, -0.05) is 31.5 Å². The molecule has 2 unspecified atom stereocenters. The second kappa shape index (κ2) is 7.46. The molecule has 21 heavy (non-hydrogen) atoms. The first kappa shape index (κ1) is 15.8. The molecule has 3 N–H and O–H groups in total. The Balaban J connectivity index is 1.92. The van der Waals surface area contributed by atoms with Crippen LogP contribution < -0.4 is 15.8 Å². The maximum absolute atomic E-state index is 12.0. The second-order valence-corrected chi connectivity index (χ2v) is 5.80. The van der Waals surface area contributed by atoms with Gasteiger partial charge in [0.25, 0.3) is 0 Å². The fourth-order valence-corrected chi connectivity index (χ4v) is 3.30. The lowest BCUT2D eigenvalue weighted by Crippen LogP contribution is -2.58. The highest BCUT2D eigenvalue weighted by Gasteiger charge is 2.46. The first-order valence-electron chi connectivity index (χ1n) is 7.92. The van der Waals surface area contributed by atoms with Crippen molar-refractivity contribution in [3.63, 3.8) is 0 Å². The van der Waals surface area contributed by atoms with Gasteiger partial charge in [0.2, 0.25) is 5.91 Å². The van der Waals surface area contributed by atoms with Crippen molar-refractivity contribution in [3.05, 3.63) is 30.3 Å². The maximum atomic E-state index is 12.0. The molecule has 0 aromatic heterocycles. The van der Waals surface area contributed by atoms with Gasteiger partial charge >= 0.3 is 0 Å². The molecule has 0 spiro atoms. The number of ether oxygens (including phenoxy) is 1. The number of carbonyl (C=O) groups excluding carboxylic acids is 1. The Morgan fingerprint density at radius 3 is 2.86 bits per heavy atom. The Labute approximate surface area is 127 Å². The minimum atomic E-state index is -0.532. The summed E-state index contributed by atoms with van der Waals surface area (Å²) in [5, 5.41) is 3.41. The molecule has 1 aromatic rings. The summed E-state index contributed by atoms with van der Waals surface area (Å²) in [5.74, 6) is 0.935. The maximum Gasteiger partial charge on any atom is 0.238 e. The van der Waals surface area contributed by atoms with Gasteiger partial charge in [-0.2, -0.15) is 0 Å². The number of rotatable bonds is 8. The SMILES string of the molecule is CCCNC1(C(N)=O)CCCC1CCOc1ccccc1. The normalized spacial score (nSPS) is 24.9. The predicted octanol–water partition coefficient (Wildman–Crippen LogP) is 2.48. The summed E-state index contributed by atoms with van der Waals surface area (Å²) < 4.78 is 5.77. The molecule has 0 aliphatic heterocycles. The van der Waals surface area contributed by atoms with E-state index in [-0.39, 0.29) is 11.8 Å². The van der Waals surface area contributed by atoms with Crippen molar-refractivity contribution in [2.75, 3.05) is 13.2 Å². The lowest BCUT2D eigenvalue weighted by molar-refractivity contribution is -0.126. The van der Waals surface area contributed by atoms with Crippen LogP contribution in [0.2, 0.25) is 0 Å². The molecule has 1 aliphatic rings. The third-order valence-corrected chi connectivity index (χ3v) is 4.43. The molecule has 1 fully saturated rings. The van der Waals surface area contributed by atoms with Crippen molar-refractivity contribution in [1.82, 2.24) is 5.32 Å². The van der Waals surface area contributed by atoms with Gasteiger partial charge < -0.3 is 15.8 Å². The third kappa shape index (κ3) is 3.76. The summed E-state index contributed by atoms with van der Waals surface area (Å²) in [7, 11) is 0. The molecule has 4 heteroatoms. The topological polar surface area (TPSA) is 64.3 Å². The van der Waals surface area contributed by atoms with Gasteiger partial charge in [-0.15, -0.1) is 0 Å². The molecule has 0 heterocycles. The number of carbonyl (C=O) groups is 1. The van der Waals surface area contributed by atoms with Crippen LogP contribution in [0, 0.1) is 5.92 Å². The van der Waals surface area contributed by atoms with E-state index in [0.29, 0.717) is 6.61 Å². The number of hydrogen-bond acceptors (Lipinski definition) is 3. The molecular formula is C17H26N2O2. The van der Waals surface area contributed by atoms with E-state index < -0.39 is 5.54 Å². The average Bonchev–Trinajstić information content (AvgIpc) is 2.90. The molecule has 4 nitrogen and oxygen atoms in total. The van der Waals surface area contributed by atoms with Crippen LogP contribution in [-0.2, 0) is 4.79 Å². The fraction of sp³-hybridized carbons (Fsp3) is 0.588. The Hall–Kier alpha value is -1.55. The molecular weight excluding hydrogens is 264 g/mol. The smallest absolute Gasteiger partial charge is 0.238 e. The van der Waals surface area contributed by atoms with E-state index in [1.165, 1.54) is 0 Å². The van der Waals surface area contributed by atoms with E-state index in [9.17, 15) is 4.79 Å². The Morgan fingerprint density at radius 1 is 1.43 bits per heavy atom. The van der Waals surface area contributed by atoms with E-state index in [0.717, 1.165) is 44.4 Å². The summed E-state index contributed by atoms with van der Waals surface area (Å²) in [4.78, 5) is 12.0. The molecule has 0 saturated heterocycles. The van der Waals surface area contributed by atoms with Crippen LogP contribution in [-0.4, -0.2) is 24.6 Å². The molecule has 1 aromatic carbocycles. The average molecular weight is 290 g/mol. The highest BCUT2D eigenvalue weighted by molar-refractivity contribution is 5.85. The lowest BCUT2D eigenvalue weighted by atomic mass is 9.84. The van der Waals surface area contributed by atoms with Gasteiger partial charge in [0.1, 0.15) is 11.3 Å². The highest BCUT2D eigenvalue weighted by atomic mass is 16.5. The van der Waals surface area contributed by atoms with Crippen LogP contribution in [0.5, 0.6) is 5.75 Å². The van der Waals surface area contributed by atoms with Crippen molar-refractivity contribution >= 4 is 5.91 Å². The minimum Gasteiger partial charge on any atom is -0.494 e. The van der Waals surface area contributed by atoms with Crippen molar-refractivity contribution in [2.45, 2.75) is 44.6 Å². The van der Waals surface area contributed by atoms with Crippen molar-refractivity contribution in [1.29, 1.82) is 0 Å². The van der Waals surface area contributed by atoms with Crippen LogP contribution in [0.1, 0.15) is 39.0 Å². The highest BCUT2D eigenvalue weighted by Crippen LogP contribution is 2.38. The van der Waals surface area contributed by atoms with E-state index in [2.05, 4.69) is 12.2 Å². The van der Waals surface area contributed by atoms with E-state index in [4.69, 9.17) is 10.5 Å². The summed E-state index contributed by atoms with van der Waals surface area (Å²) in [6, 6.07) is 9.79. The van der Waals surface area contributed by atoms with Gasteiger partial charge in [-0.3, -0.25) is 4.79 Å². The zero-order valence-corrected chi connectivity index (χ0v) is 12.8. The molecule has 116 valence electrons. The summed E-state index contributed by atoms with van der Waals surface area (Å²) in [6.07, 6.45) is 4.79. The van der Waals surface area contributed by atoms with Gasteiger partial charge in [0.15, 0.2) is 0 Å². The van der Waals surface area contributed by atoms with Gasteiger partial charge in [-0.05, 0) is 50.3 Å². The number of benzene rings is 1. The van der Waals surface area contributed by atoms with E-state index in [1.54, 1.807) is 0 Å². The number of para-hydroxylation sites is 1. The molecule has 2 atom stereocenters. The van der Waals surface area contributed by atoms with Crippen molar-refractivity contribution in [2.24, 2.45) is 11.7 Å². The monoisotopic (exact) mass is 290 g/mol. The van der Waals surface area contributed by atoms with Crippen molar-refractivity contribution in [3.8, 4) is 5.75 Å². The van der Waals surface area contributed by atoms with Crippen LogP contribution in [0.25, 0.3) is 0 Å². The fourth-order valence-electron chi connectivity index (χ4n) is 3.30. The number of primary amides is 1. The number of nitrogens with two attached hydrogens (primary N) is 1. The van der Waals surface area contributed by atoms with Gasteiger partial charge in [0.05, 0.1) is 6.61 Å².